The molecule has 0 bridgehead atoms. The summed E-state index contributed by atoms with van der Waals surface area (Å²) in [6.07, 6.45) is 0. The molecular formula is H3ErMgNaYb. The maximum absolute atomic E-state index is 0. The second kappa shape index (κ2) is 15.6. The zero-order valence-electron chi connectivity index (χ0n) is 5.26. The molecule has 4 heavy (non-hydrogen) atoms. The van der Waals surface area contributed by atoms with Crippen LogP contribution in [0.15, 0.2) is 0 Å². The van der Waals surface area contributed by atoms with E-state index in [2.05, 4.69) is 0 Å². The quantitative estimate of drug-likeness (QED) is 0.386. The van der Waals surface area contributed by atoms with Crippen molar-refractivity contribution in [2.45, 2.75) is 0 Å². The zero-order valence-corrected chi connectivity index (χ0v) is 9.24. The van der Waals surface area contributed by atoms with Crippen molar-refractivity contribution >= 4 is 23.1 Å². The third-order valence-corrected chi connectivity index (χ3v) is 0. The molecule has 0 aliphatic rings. The van der Waals surface area contributed by atoms with Gasteiger partial charge in [0.25, 0.3) is 0 Å². The average Bonchev–Trinajstić information content (AvgIpc) is 0. The van der Waals surface area contributed by atoms with Crippen molar-refractivity contribution < 1.29 is 118 Å². The molecule has 0 aliphatic carbocycles. The first-order chi connectivity index (χ1) is 0. The molecule has 0 rings (SSSR count). The maximum atomic E-state index is 0. The Morgan fingerprint density at radius 2 is 1.25 bits per heavy atom. The fourth-order valence-electron chi connectivity index (χ4n) is 0. The van der Waals surface area contributed by atoms with Gasteiger partial charge in [0.1, 0.15) is 0 Å². The number of rotatable bonds is 0. The predicted molar refractivity (Wildman–Crippen MR) is 9.09 cm³/mol. The third-order valence-electron chi connectivity index (χ3n) is 0. The molecule has 0 aromatic heterocycles. The van der Waals surface area contributed by atoms with Crippen molar-refractivity contribution in [1.29, 1.82) is 0 Å². The molecular weight excluding hydrogens is 388 g/mol. The van der Waals surface area contributed by atoms with Gasteiger partial charge in [-0.15, -0.1) is 0 Å². The summed E-state index contributed by atoms with van der Waals surface area (Å²) >= 11 is 0. The van der Waals surface area contributed by atoms with Crippen LogP contribution < -0.4 is 29.6 Å². The van der Waals surface area contributed by atoms with Crippen LogP contribution in [0, 0.1) is 84.2 Å². The SMILES string of the molecule is [Er].[H-].[H-].[H-].[Mg+2].[Na+].[Yb]. The van der Waals surface area contributed by atoms with Gasteiger partial charge in [-0.1, -0.05) is 0 Å². The van der Waals surface area contributed by atoms with Crippen LogP contribution in [0.2, 0.25) is 0 Å². The van der Waals surface area contributed by atoms with Gasteiger partial charge in [-0.05, 0) is 0 Å². The normalized spacial score (nSPS) is 0. The molecule has 0 spiro atoms. The fraction of sp³-hybridized carbons (Fsp3) is 0. The van der Waals surface area contributed by atoms with Crippen LogP contribution in [-0.4, -0.2) is 23.1 Å². The van der Waals surface area contributed by atoms with E-state index >= 15 is 0 Å². The summed E-state index contributed by atoms with van der Waals surface area (Å²) in [5.41, 5.74) is 0. The topological polar surface area (TPSA) is 0 Å². The molecule has 0 aromatic rings. The molecule has 0 N–H and O–H groups in total. The first-order valence-electron chi connectivity index (χ1n) is 0. The average molecular weight is 391 g/mol. The number of hydrogen-bond acceptors (Lipinski definition) is 0. The molecule has 0 saturated carbocycles. The summed E-state index contributed by atoms with van der Waals surface area (Å²) in [4.78, 5) is 0. The Kier molecular flexibility index (Phi) is 92.2. The third kappa shape index (κ3) is 9.73. The first-order valence-corrected chi connectivity index (χ1v) is 0. The number of hydrogen-bond donors (Lipinski definition) is 0. The summed E-state index contributed by atoms with van der Waals surface area (Å²) in [6, 6.07) is 0. The second-order valence-corrected chi connectivity index (χ2v) is 0. The molecule has 0 amide bonds. The molecule has 0 fully saturated rings. The van der Waals surface area contributed by atoms with E-state index < -0.39 is 0 Å². The Morgan fingerprint density at radius 1 is 1.25 bits per heavy atom. The standard InChI is InChI=1S/Er.Mg.Na.Yb.3H/q;+2;+1;;3*-1. The van der Waals surface area contributed by atoms with Gasteiger partial charge in [0, 0.05) is 84.2 Å². The Labute approximate surface area is 137 Å². The Balaban J connectivity index is 0. The van der Waals surface area contributed by atoms with Gasteiger partial charge in [0.05, 0.1) is 0 Å². The van der Waals surface area contributed by atoms with Crippen LogP contribution in [-0.2, 0) is 0 Å². The van der Waals surface area contributed by atoms with Gasteiger partial charge in [-0.3, -0.25) is 0 Å². The van der Waals surface area contributed by atoms with Crippen molar-refractivity contribution in [3.8, 4) is 0 Å². The summed E-state index contributed by atoms with van der Waals surface area (Å²) < 4.78 is 0. The van der Waals surface area contributed by atoms with Crippen LogP contribution >= 0.6 is 0 Å². The maximum Gasteiger partial charge on any atom is 2.00 e. The van der Waals surface area contributed by atoms with E-state index in [0.29, 0.717) is 0 Å². The van der Waals surface area contributed by atoms with Crippen molar-refractivity contribution in [2.75, 3.05) is 0 Å². The van der Waals surface area contributed by atoms with Gasteiger partial charge in [-0.2, -0.15) is 0 Å². The van der Waals surface area contributed by atoms with E-state index in [1.165, 1.54) is 0 Å². The molecule has 0 aromatic carbocycles. The molecule has 4 heteroatoms. The molecule has 0 radical (unpaired) electrons. The Hall–Kier alpha value is 4.53. The summed E-state index contributed by atoms with van der Waals surface area (Å²) in [6.45, 7) is 0. The van der Waals surface area contributed by atoms with E-state index in [9.17, 15) is 0 Å². The van der Waals surface area contributed by atoms with Gasteiger partial charge < -0.3 is 4.28 Å². The summed E-state index contributed by atoms with van der Waals surface area (Å²) in [7, 11) is 0. The molecule has 0 atom stereocenters. The zero-order chi connectivity index (χ0) is 0. The minimum Gasteiger partial charge on any atom is -1.00 e. The summed E-state index contributed by atoms with van der Waals surface area (Å²) in [5, 5.41) is 0. The fourth-order valence-corrected chi connectivity index (χ4v) is 0. The monoisotopic (exact) mass is 390 g/mol. The van der Waals surface area contributed by atoms with Crippen LogP contribution in [0.1, 0.15) is 4.28 Å². The smallest absolute Gasteiger partial charge is 1.00 e. The molecule has 0 saturated heterocycles. The minimum atomic E-state index is 0. The van der Waals surface area contributed by atoms with Crippen molar-refractivity contribution in [2.24, 2.45) is 0 Å². The molecule has 0 nitrogen and oxygen atoms in total. The summed E-state index contributed by atoms with van der Waals surface area (Å²) in [5.74, 6) is 0. The van der Waals surface area contributed by atoms with E-state index in [0.717, 1.165) is 0 Å². The Morgan fingerprint density at radius 3 is 1.25 bits per heavy atom. The predicted octanol–water partition coefficient (Wildman–Crippen LogP) is -3.04. The first kappa shape index (κ1) is 23.6. The van der Waals surface area contributed by atoms with Crippen molar-refractivity contribution in [1.82, 2.24) is 0 Å². The molecule has 0 unspecified atom stereocenters. The van der Waals surface area contributed by atoms with Gasteiger partial charge in [0.2, 0.25) is 0 Å². The molecule has 32 valence electrons. The molecule has 0 aliphatic heterocycles. The minimum absolute atomic E-state index is 0. The van der Waals surface area contributed by atoms with Crippen LogP contribution in [0.3, 0.4) is 0 Å². The van der Waals surface area contributed by atoms with Crippen LogP contribution in [0.5, 0.6) is 0 Å². The van der Waals surface area contributed by atoms with Gasteiger partial charge in [-0.25, -0.2) is 0 Å². The van der Waals surface area contributed by atoms with Crippen LogP contribution in [0.25, 0.3) is 0 Å². The van der Waals surface area contributed by atoms with E-state index in [4.69, 9.17) is 0 Å². The van der Waals surface area contributed by atoms with Crippen LogP contribution in [0.4, 0.5) is 0 Å². The van der Waals surface area contributed by atoms with Crippen molar-refractivity contribution in [3.05, 3.63) is 0 Å². The van der Waals surface area contributed by atoms with E-state index in [1.54, 1.807) is 0 Å². The Bertz CT molecular complexity index is 14.9. The van der Waals surface area contributed by atoms with Gasteiger partial charge >= 0.3 is 52.6 Å². The second-order valence-electron chi connectivity index (χ2n) is 0. The van der Waals surface area contributed by atoms with E-state index in [1.807, 2.05) is 0 Å². The van der Waals surface area contributed by atoms with Gasteiger partial charge in [0.15, 0.2) is 0 Å². The van der Waals surface area contributed by atoms with Crippen molar-refractivity contribution in [3.63, 3.8) is 0 Å². The largest absolute Gasteiger partial charge is 2.00 e. The van der Waals surface area contributed by atoms with E-state index in [-0.39, 0.29) is 141 Å². The molecule has 0 heterocycles.